The van der Waals surface area contributed by atoms with Gasteiger partial charge in [-0.15, -0.1) is 0 Å². The number of nitrogens with zero attached hydrogens (tertiary/aromatic N) is 3. The molecule has 9 heteroatoms. The van der Waals surface area contributed by atoms with Crippen molar-refractivity contribution in [3.05, 3.63) is 41.0 Å². The molecule has 3 aliphatic rings. The van der Waals surface area contributed by atoms with Crippen molar-refractivity contribution in [1.29, 1.82) is 0 Å². The Balaban J connectivity index is 1.23. The lowest BCUT2D eigenvalue weighted by atomic mass is 9.93. The minimum atomic E-state index is -2.88. The Morgan fingerprint density at radius 2 is 1.97 bits per heavy atom. The molecule has 2 aromatic heterocycles. The van der Waals surface area contributed by atoms with Gasteiger partial charge in [0.1, 0.15) is 5.69 Å². The maximum absolute atomic E-state index is 12.1. The third-order valence-electron chi connectivity index (χ3n) is 8.07. The van der Waals surface area contributed by atoms with Crippen LogP contribution in [-0.4, -0.2) is 66.2 Å². The number of nitrogens with one attached hydrogen (secondary N) is 1. The summed E-state index contributed by atoms with van der Waals surface area (Å²) < 4.78 is 29.5. The third kappa shape index (κ3) is 3.99. The average molecular weight is 501 g/mol. The van der Waals surface area contributed by atoms with Gasteiger partial charge in [0.2, 0.25) is 5.88 Å². The van der Waals surface area contributed by atoms with E-state index >= 15 is 0 Å². The summed E-state index contributed by atoms with van der Waals surface area (Å²) in [6, 6.07) is 8.24. The number of halogens is 1. The van der Waals surface area contributed by atoms with Gasteiger partial charge < -0.3 is 4.74 Å². The second-order valence-corrected chi connectivity index (χ2v) is 12.8. The maximum atomic E-state index is 12.1. The highest BCUT2D eigenvalue weighted by Gasteiger charge is 2.44. The third-order valence-corrected chi connectivity index (χ3v) is 10.2. The molecule has 2 aliphatic heterocycles. The molecule has 1 N–H and O–H groups in total. The number of rotatable bonds is 4. The molecular weight excluding hydrogens is 472 g/mol. The first-order chi connectivity index (χ1) is 16.4. The van der Waals surface area contributed by atoms with Crippen LogP contribution in [0.5, 0.6) is 5.88 Å². The molecule has 1 saturated carbocycles. The highest BCUT2D eigenvalue weighted by atomic mass is 35.5. The number of fused-ring (bicyclic) bond motifs is 2. The van der Waals surface area contributed by atoms with Crippen LogP contribution in [0.1, 0.15) is 37.2 Å². The van der Waals surface area contributed by atoms with Crippen molar-refractivity contribution in [2.24, 2.45) is 11.8 Å². The van der Waals surface area contributed by atoms with Crippen LogP contribution in [0.4, 0.5) is 0 Å². The molecule has 34 heavy (non-hydrogen) atoms. The van der Waals surface area contributed by atoms with Gasteiger partial charge in [0.15, 0.2) is 9.84 Å². The number of hydrogen-bond donors (Lipinski definition) is 1. The van der Waals surface area contributed by atoms with Crippen molar-refractivity contribution < 1.29 is 13.2 Å². The van der Waals surface area contributed by atoms with Crippen LogP contribution in [0.15, 0.2) is 30.5 Å². The predicted octanol–water partition coefficient (Wildman–Crippen LogP) is 4.29. The van der Waals surface area contributed by atoms with Crippen molar-refractivity contribution in [3.63, 3.8) is 0 Å². The fourth-order valence-corrected chi connectivity index (χ4v) is 8.49. The van der Waals surface area contributed by atoms with E-state index in [0.29, 0.717) is 35.1 Å². The molecule has 4 heterocycles. The van der Waals surface area contributed by atoms with Crippen LogP contribution in [0.2, 0.25) is 5.02 Å². The van der Waals surface area contributed by atoms with E-state index in [1.165, 1.54) is 5.56 Å². The minimum absolute atomic E-state index is 0.202. The predicted molar refractivity (Wildman–Crippen MR) is 133 cm³/mol. The lowest BCUT2D eigenvalue weighted by Gasteiger charge is -2.31. The molecule has 0 amide bonds. The van der Waals surface area contributed by atoms with Gasteiger partial charge in [-0.25, -0.2) is 13.4 Å². The quantitative estimate of drug-likeness (QED) is 0.575. The highest BCUT2D eigenvalue weighted by molar-refractivity contribution is 7.91. The number of sulfone groups is 1. The molecular formula is C25H29ClN4O3S. The first-order valence-corrected chi connectivity index (χ1v) is 14.2. The number of aromatic amines is 1. The highest BCUT2D eigenvalue weighted by Crippen LogP contribution is 2.49. The molecule has 3 fully saturated rings. The SMILES string of the molecule is COc1cc(-c2n[nH]c3cc(Cl)c(C4CC5CN(C6CCCS(=O)(=O)C6)C[C@H]5C4)cc23)ccn1. The van der Waals surface area contributed by atoms with E-state index < -0.39 is 9.84 Å². The molecule has 1 aromatic carbocycles. The Bertz CT molecular complexity index is 1330. The standard InChI is InChI=1S/C25H29ClN4O3S/c1-33-24-9-15(4-5-27-24)25-21-10-20(22(26)11-23(21)28-29-25)16-7-17-12-30(13-18(17)8-16)19-3-2-6-34(31,32)14-19/h4-5,9-11,16-19H,2-3,6-8,12-14H2,1H3,(H,28,29)/t16?,17-,18?,19?/m1/s1. The number of ether oxygens (including phenoxy) is 1. The first-order valence-electron chi connectivity index (χ1n) is 12.0. The molecule has 3 aromatic rings. The molecule has 1 aliphatic carbocycles. The zero-order chi connectivity index (χ0) is 23.4. The van der Waals surface area contributed by atoms with Gasteiger partial charge >= 0.3 is 0 Å². The van der Waals surface area contributed by atoms with Crippen LogP contribution in [0.3, 0.4) is 0 Å². The lowest BCUT2D eigenvalue weighted by Crippen LogP contribution is -2.42. The second kappa shape index (κ2) is 8.50. The number of pyridine rings is 1. The summed E-state index contributed by atoms with van der Waals surface area (Å²) in [6.07, 6.45) is 5.73. The molecule has 0 spiro atoms. The van der Waals surface area contributed by atoms with Gasteiger partial charge in [-0.05, 0) is 67.2 Å². The monoisotopic (exact) mass is 500 g/mol. The van der Waals surface area contributed by atoms with E-state index in [2.05, 4.69) is 26.1 Å². The number of benzene rings is 1. The van der Waals surface area contributed by atoms with Crippen molar-refractivity contribution in [2.75, 3.05) is 31.7 Å². The number of H-pyrrole nitrogens is 1. The van der Waals surface area contributed by atoms with Crippen molar-refractivity contribution in [2.45, 2.75) is 37.6 Å². The summed E-state index contributed by atoms with van der Waals surface area (Å²) in [6.45, 7) is 2.02. The summed E-state index contributed by atoms with van der Waals surface area (Å²) in [7, 11) is -1.27. The van der Waals surface area contributed by atoms with Crippen LogP contribution in [0, 0.1) is 11.8 Å². The van der Waals surface area contributed by atoms with Crippen molar-refractivity contribution in [3.8, 4) is 17.1 Å². The summed E-state index contributed by atoms with van der Waals surface area (Å²) in [5, 5.41) is 9.52. The molecule has 7 nitrogen and oxygen atoms in total. The van der Waals surface area contributed by atoms with Gasteiger partial charge in [-0.2, -0.15) is 5.10 Å². The average Bonchev–Trinajstić information content (AvgIpc) is 3.51. The molecule has 4 atom stereocenters. The van der Waals surface area contributed by atoms with Crippen molar-refractivity contribution >= 4 is 32.3 Å². The first kappa shape index (κ1) is 22.3. The number of aromatic nitrogens is 3. The largest absolute Gasteiger partial charge is 0.481 e. The lowest BCUT2D eigenvalue weighted by molar-refractivity contribution is 0.223. The number of likely N-dealkylation sites (tertiary alicyclic amines) is 1. The van der Waals surface area contributed by atoms with Crippen LogP contribution < -0.4 is 4.74 Å². The Kier molecular flexibility index (Phi) is 5.58. The smallest absolute Gasteiger partial charge is 0.213 e. The zero-order valence-corrected chi connectivity index (χ0v) is 20.8. The van der Waals surface area contributed by atoms with Gasteiger partial charge in [-0.1, -0.05) is 11.6 Å². The molecule has 6 rings (SSSR count). The van der Waals surface area contributed by atoms with E-state index in [0.717, 1.165) is 66.0 Å². The Labute approximate surface area is 204 Å². The Morgan fingerprint density at radius 1 is 1.18 bits per heavy atom. The van der Waals surface area contributed by atoms with Gasteiger partial charge in [-0.3, -0.25) is 10.00 Å². The van der Waals surface area contributed by atoms with Gasteiger partial charge in [0, 0.05) is 47.4 Å². The normalized spacial score (nSPS) is 28.9. The summed E-state index contributed by atoms with van der Waals surface area (Å²) in [5.41, 5.74) is 3.94. The van der Waals surface area contributed by atoms with Gasteiger partial charge in [0.25, 0.3) is 0 Å². The fraction of sp³-hybridized carbons (Fsp3) is 0.520. The summed E-state index contributed by atoms with van der Waals surface area (Å²) in [4.78, 5) is 6.66. The molecule has 180 valence electrons. The Hall–Kier alpha value is -2.16. The van der Waals surface area contributed by atoms with Gasteiger partial charge in [0.05, 0.1) is 24.1 Å². The van der Waals surface area contributed by atoms with Crippen molar-refractivity contribution in [1.82, 2.24) is 20.1 Å². The molecule has 2 saturated heterocycles. The van der Waals surface area contributed by atoms with Crippen LogP contribution in [0.25, 0.3) is 22.2 Å². The topological polar surface area (TPSA) is 88.2 Å². The fourth-order valence-electron chi connectivity index (χ4n) is 6.43. The Morgan fingerprint density at radius 3 is 2.71 bits per heavy atom. The maximum Gasteiger partial charge on any atom is 0.213 e. The second-order valence-electron chi connectivity index (χ2n) is 10.1. The molecule has 3 unspecified atom stereocenters. The van der Waals surface area contributed by atoms with Crippen LogP contribution >= 0.6 is 11.6 Å². The zero-order valence-electron chi connectivity index (χ0n) is 19.2. The minimum Gasteiger partial charge on any atom is -0.481 e. The van der Waals surface area contributed by atoms with E-state index in [4.69, 9.17) is 16.3 Å². The summed E-state index contributed by atoms with van der Waals surface area (Å²) in [5.74, 6) is 2.88. The molecule has 0 radical (unpaired) electrons. The van der Waals surface area contributed by atoms with Crippen LogP contribution in [-0.2, 0) is 9.84 Å². The van der Waals surface area contributed by atoms with E-state index in [1.54, 1.807) is 13.3 Å². The van der Waals surface area contributed by atoms with E-state index in [1.807, 2.05) is 18.2 Å². The van der Waals surface area contributed by atoms with E-state index in [-0.39, 0.29) is 6.04 Å². The molecule has 0 bridgehead atoms. The number of hydrogen-bond acceptors (Lipinski definition) is 6. The van der Waals surface area contributed by atoms with E-state index in [9.17, 15) is 8.42 Å². The summed E-state index contributed by atoms with van der Waals surface area (Å²) >= 11 is 6.77. The number of methoxy groups -OCH3 is 1.